The number of hydrogen-bond donors (Lipinski definition) is 3. The Bertz CT molecular complexity index is 251. The molecule has 0 spiro atoms. The number of aromatic nitrogens is 3. The van der Waals surface area contributed by atoms with E-state index in [2.05, 4.69) is 15.2 Å². The van der Waals surface area contributed by atoms with Crippen LogP contribution in [0.3, 0.4) is 0 Å². The molecule has 1 fully saturated rings. The third kappa shape index (κ3) is 1.19. The van der Waals surface area contributed by atoms with E-state index in [1.807, 2.05) is 0 Å². The van der Waals surface area contributed by atoms with Crippen molar-refractivity contribution in [3.8, 4) is 0 Å². The third-order valence-electron chi connectivity index (χ3n) is 1.97. The van der Waals surface area contributed by atoms with Crippen LogP contribution in [0.1, 0.15) is 24.7 Å². The van der Waals surface area contributed by atoms with Crippen molar-refractivity contribution in [3.05, 3.63) is 5.82 Å². The molecule has 5 heteroatoms. The Kier molecular flexibility index (Phi) is 1.32. The zero-order valence-electron chi connectivity index (χ0n) is 6.12. The smallest absolute Gasteiger partial charge is 0.239 e. The Balaban J connectivity index is 2.14. The summed E-state index contributed by atoms with van der Waals surface area (Å²) in [5.74, 6) is 1.57. The van der Waals surface area contributed by atoms with E-state index in [0.717, 1.165) is 0 Å². The van der Waals surface area contributed by atoms with Gasteiger partial charge >= 0.3 is 0 Å². The van der Waals surface area contributed by atoms with Gasteiger partial charge in [0.05, 0.1) is 6.04 Å². The Morgan fingerprint density at radius 1 is 1.55 bits per heavy atom. The molecular formula is C6H11N5. The molecule has 0 radical (unpaired) electrons. The van der Waals surface area contributed by atoms with Crippen molar-refractivity contribution >= 4 is 5.95 Å². The molecule has 1 aromatic heterocycles. The Hall–Kier alpha value is -1.10. The topological polar surface area (TPSA) is 93.6 Å². The van der Waals surface area contributed by atoms with Crippen LogP contribution in [0.15, 0.2) is 0 Å². The van der Waals surface area contributed by atoms with E-state index in [1.165, 1.54) is 12.8 Å². The van der Waals surface area contributed by atoms with Gasteiger partial charge in [-0.1, -0.05) is 0 Å². The average molecular weight is 153 g/mol. The SMILES string of the molecule is Nc1n[nH]c(C(N)C2CC2)n1. The molecule has 5 N–H and O–H groups in total. The number of anilines is 1. The van der Waals surface area contributed by atoms with Gasteiger partial charge in [-0.15, -0.1) is 5.10 Å². The van der Waals surface area contributed by atoms with Gasteiger partial charge < -0.3 is 11.5 Å². The highest BCUT2D eigenvalue weighted by atomic mass is 15.3. The molecule has 60 valence electrons. The largest absolute Gasteiger partial charge is 0.367 e. The molecule has 0 aliphatic heterocycles. The van der Waals surface area contributed by atoms with Crippen LogP contribution in [-0.4, -0.2) is 15.2 Å². The quantitative estimate of drug-likeness (QED) is 0.548. The molecular weight excluding hydrogens is 142 g/mol. The van der Waals surface area contributed by atoms with E-state index in [1.54, 1.807) is 0 Å². The van der Waals surface area contributed by atoms with E-state index < -0.39 is 0 Å². The van der Waals surface area contributed by atoms with Gasteiger partial charge in [-0.25, -0.2) is 0 Å². The van der Waals surface area contributed by atoms with Crippen LogP contribution in [0.2, 0.25) is 0 Å². The van der Waals surface area contributed by atoms with Crippen LogP contribution < -0.4 is 11.5 Å². The Labute approximate surface area is 64.2 Å². The molecule has 0 amide bonds. The summed E-state index contributed by atoms with van der Waals surface area (Å²) >= 11 is 0. The monoisotopic (exact) mass is 153 g/mol. The second kappa shape index (κ2) is 2.20. The number of hydrogen-bond acceptors (Lipinski definition) is 4. The second-order valence-corrected chi connectivity index (χ2v) is 2.94. The van der Waals surface area contributed by atoms with Gasteiger partial charge in [0.15, 0.2) is 0 Å². The van der Waals surface area contributed by atoms with E-state index in [0.29, 0.717) is 11.7 Å². The molecule has 1 atom stereocenters. The first-order valence-electron chi connectivity index (χ1n) is 3.70. The highest BCUT2D eigenvalue weighted by Crippen LogP contribution is 2.38. The molecule has 1 aliphatic rings. The fraction of sp³-hybridized carbons (Fsp3) is 0.667. The van der Waals surface area contributed by atoms with Crippen LogP contribution in [0, 0.1) is 5.92 Å². The molecule has 0 saturated heterocycles. The van der Waals surface area contributed by atoms with Crippen molar-refractivity contribution < 1.29 is 0 Å². The van der Waals surface area contributed by atoms with Gasteiger partial charge in [0, 0.05) is 0 Å². The van der Waals surface area contributed by atoms with Crippen LogP contribution in [0.5, 0.6) is 0 Å². The highest BCUT2D eigenvalue weighted by Gasteiger charge is 2.31. The first-order chi connectivity index (χ1) is 5.27. The molecule has 1 aliphatic carbocycles. The minimum absolute atomic E-state index is 0.000185. The highest BCUT2D eigenvalue weighted by molar-refractivity contribution is 5.15. The van der Waals surface area contributed by atoms with Gasteiger partial charge in [-0.05, 0) is 18.8 Å². The summed E-state index contributed by atoms with van der Waals surface area (Å²) in [6, 6.07) is -0.000185. The summed E-state index contributed by atoms with van der Waals surface area (Å²) in [5.41, 5.74) is 11.2. The maximum atomic E-state index is 5.82. The van der Waals surface area contributed by atoms with Crippen molar-refractivity contribution in [2.24, 2.45) is 11.7 Å². The molecule has 0 aromatic carbocycles. The predicted molar refractivity (Wildman–Crippen MR) is 40.4 cm³/mol. The average Bonchev–Trinajstić information content (AvgIpc) is 2.74. The lowest BCUT2D eigenvalue weighted by Crippen LogP contribution is -2.14. The fourth-order valence-corrected chi connectivity index (χ4v) is 1.12. The lowest BCUT2D eigenvalue weighted by molar-refractivity contribution is 0.596. The molecule has 1 heterocycles. The number of H-pyrrole nitrogens is 1. The number of nitrogens with one attached hydrogen (secondary N) is 1. The van der Waals surface area contributed by atoms with Gasteiger partial charge in [-0.2, -0.15) is 4.98 Å². The van der Waals surface area contributed by atoms with Crippen LogP contribution in [0.4, 0.5) is 5.95 Å². The normalized spacial score (nSPS) is 20.1. The standard InChI is InChI=1S/C6H11N5/c7-4(3-1-2-3)5-9-6(8)11-10-5/h3-4H,1-2,7H2,(H3,8,9,10,11). The summed E-state index contributed by atoms with van der Waals surface area (Å²) in [7, 11) is 0. The number of rotatable bonds is 2. The van der Waals surface area contributed by atoms with Crippen molar-refractivity contribution in [3.63, 3.8) is 0 Å². The molecule has 1 saturated carbocycles. The number of nitrogen functional groups attached to an aromatic ring is 1. The Morgan fingerprint density at radius 2 is 2.27 bits per heavy atom. The second-order valence-electron chi connectivity index (χ2n) is 2.94. The molecule has 0 bridgehead atoms. The van der Waals surface area contributed by atoms with Gasteiger partial charge in [0.1, 0.15) is 5.82 Å². The maximum absolute atomic E-state index is 5.82. The first kappa shape index (κ1) is 6.60. The van der Waals surface area contributed by atoms with E-state index in [4.69, 9.17) is 11.5 Å². The fourth-order valence-electron chi connectivity index (χ4n) is 1.12. The summed E-state index contributed by atoms with van der Waals surface area (Å²) in [5, 5.41) is 6.42. The maximum Gasteiger partial charge on any atom is 0.239 e. The van der Waals surface area contributed by atoms with E-state index in [-0.39, 0.29) is 12.0 Å². The summed E-state index contributed by atoms with van der Waals surface area (Å²) in [6.07, 6.45) is 2.39. The van der Waals surface area contributed by atoms with Crippen molar-refractivity contribution in [2.75, 3.05) is 5.73 Å². The number of aromatic amines is 1. The lowest BCUT2D eigenvalue weighted by atomic mass is 10.2. The van der Waals surface area contributed by atoms with Crippen LogP contribution in [-0.2, 0) is 0 Å². The van der Waals surface area contributed by atoms with E-state index in [9.17, 15) is 0 Å². The van der Waals surface area contributed by atoms with Crippen LogP contribution in [0.25, 0.3) is 0 Å². The third-order valence-corrected chi connectivity index (χ3v) is 1.97. The number of nitrogens with zero attached hydrogens (tertiary/aromatic N) is 2. The first-order valence-corrected chi connectivity index (χ1v) is 3.70. The minimum Gasteiger partial charge on any atom is -0.367 e. The molecule has 1 aromatic rings. The van der Waals surface area contributed by atoms with Gasteiger partial charge in [0.2, 0.25) is 5.95 Å². The molecule has 11 heavy (non-hydrogen) atoms. The summed E-state index contributed by atoms with van der Waals surface area (Å²) in [6.45, 7) is 0. The lowest BCUT2D eigenvalue weighted by Gasteiger charge is -2.03. The predicted octanol–water partition coefficient (Wildman–Crippen LogP) is -0.203. The van der Waals surface area contributed by atoms with Crippen molar-refractivity contribution in [1.29, 1.82) is 0 Å². The van der Waals surface area contributed by atoms with E-state index >= 15 is 0 Å². The zero-order valence-corrected chi connectivity index (χ0v) is 6.12. The molecule has 1 unspecified atom stereocenters. The minimum atomic E-state index is -0.000185. The Morgan fingerprint density at radius 3 is 2.73 bits per heavy atom. The molecule has 2 rings (SSSR count). The van der Waals surface area contributed by atoms with Gasteiger partial charge in [0.25, 0.3) is 0 Å². The van der Waals surface area contributed by atoms with Crippen molar-refractivity contribution in [2.45, 2.75) is 18.9 Å². The summed E-state index contributed by atoms with van der Waals surface area (Å²) < 4.78 is 0. The summed E-state index contributed by atoms with van der Waals surface area (Å²) in [4.78, 5) is 3.96. The zero-order chi connectivity index (χ0) is 7.84. The number of nitrogens with two attached hydrogens (primary N) is 2. The molecule has 5 nitrogen and oxygen atoms in total. The van der Waals surface area contributed by atoms with Crippen LogP contribution >= 0.6 is 0 Å². The van der Waals surface area contributed by atoms with Crippen molar-refractivity contribution in [1.82, 2.24) is 15.2 Å². The van der Waals surface area contributed by atoms with Gasteiger partial charge in [-0.3, -0.25) is 5.10 Å².